The molecule has 21 heavy (non-hydrogen) atoms. The second-order valence-electron chi connectivity index (χ2n) is 5.48. The highest BCUT2D eigenvalue weighted by Gasteiger charge is 2.26. The Labute approximate surface area is 122 Å². The maximum Gasteiger partial charge on any atom is 0.311 e. The minimum absolute atomic E-state index is 0.0407. The molecule has 0 saturated carbocycles. The number of piperidine rings is 1. The van der Waals surface area contributed by atoms with E-state index in [0.29, 0.717) is 31.2 Å². The van der Waals surface area contributed by atoms with Crippen LogP contribution < -0.4 is 4.90 Å². The van der Waals surface area contributed by atoms with Crippen molar-refractivity contribution in [3.8, 4) is 0 Å². The van der Waals surface area contributed by atoms with Crippen LogP contribution in [0.1, 0.15) is 31.2 Å². The molecule has 0 aliphatic carbocycles. The highest BCUT2D eigenvalue weighted by molar-refractivity contribution is 5.66. The lowest BCUT2D eigenvalue weighted by atomic mass is 9.92. The predicted octanol–water partition coefficient (Wildman–Crippen LogP) is 2.38. The van der Waals surface area contributed by atoms with Crippen molar-refractivity contribution in [2.24, 2.45) is 5.92 Å². The van der Waals surface area contributed by atoms with Gasteiger partial charge in [0.1, 0.15) is 0 Å². The number of nitrogens with zero attached hydrogens (tertiary/aromatic N) is 3. The minimum atomic E-state index is -0.770. The third kappa shape index (κ3) is 3.90. The zero-order chi connectivity index (χ0) is 15.4. The Bertz CT molecular complexity index is 539. The first-order valence-electron chi connectivity index (χ1n) is 7.05. The third-order valence-corrected chi connectivity index (χ3v) is 3.86. The summed E-state index contributed by atoms with van der Waals surface area (Å²) in [5.41, 5.74) is 0.806. The molecule has 114 valence electrons. The zero-order valence-corrected chi connectivity index (χ0v) is 12.0. The first-order chi connectivity index (χ1) is 9.97. The van der Waals surface area contributed by atoms with Crippen LogP contribution in [0.5, 0.6) is 0 Å². The van der Waals surface area contributed by atoms with Crippen molar-refractivity contribution >= 4 is 17.5 Å². The molecule has 1 fully saturated rings. The molecule has 2 rings (SSSR count). The second-order valence-corrected chi connectivity index (χ2v) is 5.48. The lowest BCUT2D eigenvalue weighted by Gasteiger charge is -2.32. The number of aromatic nitrogens is 1. The van der Waals surface area contributed by atoms with Crippen LogP contribution in [0, 0.1) is 23.0 Å². The molecule has 2 heterocycles. The number of pyridine rings is 1. The number of carboxylic acid groups (broad SMARTS) is 1. The van der Waals surface area contributed by atoms with E-state index in [4.69, 9.17) is 5.11 Å². The van der Waals surface area contributed by atoms with Crippen LogP contribution in [-0.2, 0) is 4.79 Å². The normalized spacial score (nSPS) is 16.0. The Morgan fingerprint density at radius 2 is 2.19 bits per heavy atom. The molecule has 7 nitrogen and oxygen atoms in total. The van der Waals surface area contributed by atoms with Crippen LogP contribution in [-0.4, -0.2) is 34.1 Å². The zero-order valence-electron chi connectivity index (χ0n) is 12.0. The van der Waals surface area contributed by atoms with Gasteiger partial charge >= 0.3 is 11.7 Å². The van der Waals surface area contributed by atoms with Crippen molar-refractivity contribution in [2.75, 3.05) is 18.0 Å². The summed E-state index contributed by atoms with van der Waals surface area (Å²) >= 11 is 0. The number of hydrogen-bond acceptors (Lipinski definition) is 5. The lowest BCUT2D eigenvalue weighted by Crippen LogP contribution is -2.34. The molecule has 1 aromatic heterocycles. The number of aliphatic carboxylic acids is 1. The van der Waals surface area contributed by atoms with Crippen LogP contribution in [0.15, 0.2) is 12.3 Å². The summed E-state index contributed by atoms with van der Waals surface area (Å²) in [7, 11) is 0. The summed E-state index contributed by atoms with van der Waals surface area (Å²) in [6, 6.07) is 1.54. The summed E-state index contributed by atoms with van der Waals surface area (Å²) in [5, 5.41) is 19.8. The van der Waals surface area contributed by atoms with Gasteiger partial charge in [0.05, 0.1) is 4.92 Å². The maximum atomic E-state index is 11.1. The Kier molecular flexibility index (Phi) is 4.72. The Morgan fingerprint density at radius 3 is 2.76 bits per heavy atom. The molecule has 0 atom stereocenters. The minimum Gasteiger partial charge on any atom is -0.481 e. The fourth-order valence-corrected chi connectivity index (χ4v) is 2.69. The van der Waals surface area contributed by atoms with Crippen molar-refractivity contribution in [1.82, 2.24) is 4.98 Å². The summed E-state index contributed by atoms with van der Waals surface area (Å²) < 4.78 is 0. The monoisotopic (exact) mass is 293 g/mol. The average Bonchev–Trinajstić information content (AvgIpc) is 2.45. The Balaban J connectivity index is 2.02. The van der Waals surface area contributed by atoms with Gasteiger partial charge in [-0.2, -0.15) is 0 Å². The van der Waals surface area contributed by atoms with Crippen molar-refractivity contribution in [2.45, 2.75) is 32.6 Å². The average molecular weight is 293 g/mol. The van der Waals surface area contributed by atoms with Crippen LogP contribution in [0.3, 0.4) is 0 Å². The van der Waals surface area contributed by atoms with E-state index in [2.05, 4.69) is 4.98 Å². The van der Waals surface area contributed by atoms with Gasteiger partial charge in [0.15, 0.2) is 0 Å². The maximum absolute atomic E-state index is 11.1. The highest BCUT2D eigenvalue weighted by Crippen LogP contribution is 2.31. The quantitative estimate of drug-likeness (QED) is 0.661. The van der Waals surface area contributed by atoms with E-state index in [9.17, 15) is 14.9 Å². The van der Waals surface area contributed by atoms with Crippen LogP contribution >= 0.6 is 0 Å². The van der Waals surface area contributed by atoms with Gasteiger partial charge < -0.3 is 10.0 Å². The van der Waals surface area contributed by atoms with Crippen molar-refractivity contribution in [3.05, 3.63) is 27.9 Å². The number of nitro groups is 1. The molecule has 0 bridgehead atoms. The van der Waals surface area contributed by atoms with Crippen molar-refractivity contribution in [3.63, 3.8) is 0 Å². The van der Waals surface area contributed by atoms with E-state index in [0.717, 1.165) is 18.4 Å². The Hall–Kier alpha value is -2.18. The second kappa shape index (κ2) is 6.51. The molecule has 1 saturated heterocycles. The summed E-state index contributed by atoms with van der Waals surface area (Å²) in [6.07, 6.45) is 4.19. The van der Waals surface area contributed by atoms with Gasteiger partial charge in [0, 0.05) is 31.8 Å². The molecule has 0 unspecified atom stereocenters. The first-order valence-corrected chi connectivity index (χ1v) is 7.05. The molecule has 1 aromatic rings. The molecular formula is C14H19N3O4. The largest absolute Gasteiger partial charge is 0.481 e. The molecule has 1 aliphatic heterocycles. The molecule has 0 amide bonds. The van der Waals surface area contributed by atoms with Crippen LogP contribution in [0.2, 0.25) is 0 Å². The van der Waals surface area contributed by atoms with Crippen molar-refractivity contribution in [1.29, 1.82) is 0 Å². The summed E-state index contributed by atoms with van der Waals surface area (Å²) in [6.45, 7) is 3.14. The molecule has 0 spiro atoms. The molecule has 0 aromatic carbocycles. The first kappa shape index (κ1) is 15.2. The van der Waals surface area contributed by atoms with Crippen LogP contribution in [0.25, 0.3) is 0 Å². The topological polar surface area (TPSA) is 96.6 Å². The number of carboxylic acids is 1. The smallest absolute Gasteiger partial charge is 0.311 e. The Morgan fingerprint density at radius 1 is 1.52 bits per heavy atom. The van der Waals surface area contributed by atoms with E-state index in [1.165, 1.54) is 0 Å². The number of carbonyl (C=O) groups is 1. The third-order valence-electron chi connectivity index (χ3n) is 3.86. The van der Waals surface area contributed by atoms with Crippen molar-refractivity contribution < 1.29 is 14.8 Å². The fraction of sp³-hybridized carbons (Fsp3) is 0.571. The van der Waals surface area contributed by atoms with Gasteiger partial charge in [-0.15, -0.1) is 0 Å². The summed E-state index contributed by atoms with van der Waals surface area (Å²) in [4.78, 5) is 27.5. The molecule has 7 heteroatoms. The summed E-state index contributed by atoms with van der Waals surface area (Å²) in [5.74, 6) is 0.0254. The van der Waals surface area contributed by atoms with Gasteiger partial charge in [-0.3, -0.25) is 14.9 Å². The van der Waals surface area contributed by atoms with Gasteiger partial charge in [0.25, 0.3) is 0 Å². The van der Waals surface area contributed by atoms with Gasteiger partial charge in [-0.25, -0.2) is 4.98 Å². The van der Waals surface area contributed by atoms with E-state index in [-0.39, 0.29) is 12.1 Å². The van der Waals surface area contributed by atoms with E-state index in [1.54, 1.807) is 19.2 Å². The predicted molar refractivity (Wildman–Crippen MR) is 77.4 cm³/mol. The number of anilines is 1. The number of hydrogen-bond donors (Lipinski definition) is 1. The van der Waals surface area contributed by atoms with E-state index >= 15 is 0 Å². The molecular weight excluding hydrogens is 274 g/mol. The molecule has 1 aliphatic rings. The van der Waals surface area contributed by atoms with E-state index in [1.807, 2.05) is 4.90 Å². The van der Waals surface area contributed by atoms with Crippen LogP contribution in [0.4, 0.5) is 11.5 Å². The van der Waals surface area contributed by atoms with Gasteiger partial charge in [0.2, 0.25) is 5.82 Å². The SMILES string of the molecule is Cc1cnc(N2CCC(CCC(=O)O)CC2)c([N+](=O)[O-])c1. The molecule has 1 N–H and O–H groups in total. The standard InChI is InChI=1S/C14H19N3O4/c1-10-8-12(17(20)21)14(15-9-10)16-6-4-11(5-7-16)2-3-13(18)19/h8-9,11H,2-7H2,1H3,(H,18,19). The highest BCUT2D eigenvalue weighted by atomic mass is 16.6. The number of aryl methyl sites for hydroxylation is 1. The molecule has 0 radical (unpaired) electrons. The van der Waals surface area contributed by atoms with Gasteiger partial charge in [-0.1, -0.05) is 0 Å². The number of rotatable bonds is 5. The van der Waals surface area contributed by atoms with Gasteiger partial charge in [-0.05, 0) is 37.7 Å². The van der Waals surface area contributed by atoms with E-state index < -0.39 is 10.9 Å². The fourth-order valence-electron chi connectivity index (χ4n) is 2.69. The lowest BCUT2D eigenvalue weighted by molar-refractivity contribution is -0.384.